The van der Waals surface area contributed by atoms with Gasteiger partial charge in [-0.2, -0.15) is 0 Å². The highest BCUT2D eigenvalue weighted by molar-refractivity contribution is 7.91. The minimum absolute atomic E-state index is 0.00801. The van der Waals surface area contributed by atoms with Crippen LogP contribution in [0.5, 0.6) is 11.5 Å². The van der Waals surface area contributed by atoms with Crippen molar-refractivity contribution in [3.63, 3.8) is 0 Å². The van der Waals surface area contributed by atoms with Crippen LogP contribution in [0.2, 0.25) is 0 Å². The molecule has 12 heteroatoms. The van der Waals surface area contributed by atoms with Crippen LogP contribution in [0.4, 0.5) is 0 Å². The Hall–Kier alpha value is -4.29. The molecule has 3 aromatic rings. The molecule has 2 aliphatic carbocycles. The summed E-state index contributed by atoms with van der Waals surface area (Å²) in [5.41, 5.74) is 0.494. The zero-order valence-corrected chi connectivity index (χ0v) is 27.7. The predicted molar refractivity (Wildman–Crippen MR) is 173 cm³/mol. The fraction of sp³-hybridized carbons (Fsp3) is 0.343. The number of esters is 3. The van der Waals surface area contributed by atoms with Crippen LogP contribution in [0.15, 0.2) is 88.7 Å². The summed E-state index contributed by atoms with van der Waals surface area (Å²) >= 11 is 0. The summed E-state index contributed by atoms with van der Waals surface area (Å²) in [7, 11) is -6.92. The summed E-state index contributed by atoms with van der Waals surface area (Å²) in [6.07, 6.45) is 6.70. The second kappa shape index (κ2) is 14.2. The predicted octanol–water partition coefficient (Wildman–Crippen LogP) is 5.75. The second-order valence-corrected chi connectivity index (χ2v) is 15.9. The largest absolute Gasteiger partial charge is 0.460 e. The molecule has 0 aromatic heterocycles. The Morgan fingerprint density at radius 3 is 1.74 bits per heavy atom. The van der Waals surface area contributed by atoms with E-state index in [0.29, 0.717) is 25.2 Å². The molecule has 0 radical (unpaired) electrons. The van der Waals surface area contributed by atoms with Gasteiger partial charge in [0, 0.05) is 5.56 Å². The molecule has 3 atom stereocenters. The fourth-order valence-electron chi connectivity index (χ4n) is 5.83. The van der Waals surface area contributed by atoms with E-state index in [1.165, 1.54) is 66.7 Å². The Morgan fingerprint density at radius 2 is 1.26 bits per heavy atom. The summed E-state index contributed by atoms with van der Waals surface area (Å²) in [5, 5.41) is 0. The van der Waals surface area contributed by atoms with Crippen LogP contribution in [0.3, 0.4) is 0 Å². The van der Waals surface area contributed by atoms with Crippen LogP contribution >= 0.6 is 0 Å². The van der Waals surface area contributed by atoms with Crippen molar-refractivity contribution in [1.82, 2.24) is 0 Å². The van der Waals surface area contributed by atoms with E-state index >= 15 is 0 Å². The summed E-state index contributed by atoms with van der Waals surface area (Å²) in [6.45, 7) is 3.27. The third-order valence-electron chi connectivity index (χ3n) is 8.24. The van der Waals surface area contributed by atoms with E-state index in [2.05, 4.69) is 6.08 Å². The lowest BCUT2D eigenvalue weighted by atomic mass is 9.94. The molecular weight excluding hydrogens is 645 g/mol. The molecule has 1 fully saturated rings. The zero-order chi connectivity index (χ0) is 33.8. The number of carbonyl (C=O) groups excluding carboxylic acids is 3. The summed E-state index contributed by atoms with van der Waals surface area (Å²) in [6, 6.07) is 15.1. The minimum Gasteiger partial charge on any atom is -0.460 e. The molecule has 2 bridgehead atoms. The monoisotopic (exact) mass is 680 g/mol. The first-order chi connectivity index (χ1) is 22.4. The second-order valence-electron chi connectivity index (χ2n) is 11.7. The van der Waals surface area contributed by atoms with Gasteiger partial charge in [0.25, 0.3) is 0 Å². The highest BCUT2D eigenvalue weighted by atomic mass is 32.2. The van der Waals surface area contributed by atoms with Gasteiger partial charge in [0.15, 0.2) is 19.7 Å². The maximum Gasteiger partial charge on any atom is 0.343 e. The van der Waals surface area contributed by atoms with Crippen molar-refractivity contribution in [3.8, 4) is 11.5 Å². The van der Waals surface area contributed by atoms with Crippen LogP contribution in [0.1, 0.15) is 65.8 Å². The molecule has 10 nitrogen and oxygen atoms in total. The molecule has 5 rings (SSSR count). The molecular formula is C35H36O10S2. The van der Waals surface area contributed by atoms with E-state index < -0.39 is 31.6 Å². The van der Waals surface area contributed by atoms with Crippen molar-refractivity contribution in [2.24, 2.45) is 17.8 Å². The van der Waals surface area contributed by atoms with Crippen molar-refractivity contribution in [2.45, 2.75) is 55.9 Å². The van der Waals surface area contributed by atoms with Gasteiger partial charge in [0.2, 0.25) is 0 Å². The third-order valence-corrected chi connectivity index (χ3v) is 12.1. The average Bonchev–Trinajstić information content (AvgIpc) is 3.69. The van der Waals surface area contributed by atoms with E-state index in [1.807, 2.05) is 6.08 Å². The molecule has 0 saturated heterocycles. The number of benzene rings is 3. The quantitative estimate of drug-likeness (QED) is 0.124. The van der Waals surface area contributed by atoms with Gasteiger partial charge in [-0.1, -0.05) is 26.0 Å². The van der Waals surface area contributed by atoms with Crippen LogP contribution in [-0.2, 0) is 35.8 Å². The van der Waals surface area contributed by atoms with Gasteiger partial charge >= 0.3 is 17.9 Å². The van der Waals surface area contributed by atoms with E-state index in [0.717, 1.165) is 6.42 Å². The number of hydrogen-bond donors (Lipinski definition) is 0. The number of allylic oxidation sites excluding steroid dienone is 2. The zero-order valence-electron chi connectivity index (χ0n) is 26.1. The van der Waals surface area contributed by atoms with E-state index in [-0.39, 0.29) is 73.9 Å². The molecule has 1 saturated carbocycles. The Labute approximate surface area is 274 Å². The molecule has 0 amide bonds. The SMILES string of the molecule is CCCS(=O)(=O)c1ccc(C(=O)Oc2ccc(OC(=O)c3ccc(S(=O)(=O)CCC)cc3)c(COC(=O)C3CC4C=CC3C4)c2)cc1. The molecule has 2 aliphatic rings. The summed E-state index contributed by atoms with van der Waals surface area (Å²) in [4.78, 5) is 39.2. The van der Waals surface area contributed by atoms with E-state index in [9.17, 15) is 31.2 Å². The number of sulfone groups is 2. The first-order valence-electron chi connectivity index (χ1n) is 15.5. The van der Waals surface area contributed by atoms with Crippen molar-refractivity contribution in [3.05, 3.63) is 95.6 Å². The Morgan fingerprint density at radius 1 is 0.702 bits per heavy atom. The highest BCUT2D eigenvalue weighted by Gasteiger charge is 2.40. The number of rotatable bonds is 13. The van der Waals surface area contributed by atoms with Crippen LogP contribution in [0.25, 0.3) is 0 Å². The van der Waals surface area contributed by atoms with Crippen molar-refractivity contribution in [2.75, 3.05) is 11.5 Å². The lowest BCUT2D eigenvalue weighted by molar-refractivity contribution is -0.150. The fourth-order valence-corrected chi connectivity index (χ4v) is 8.48. The van der Waals surface area contributed by atoms with Crippen LogP contribution < -0.4 is 9.47 Å². The minimum atomic E-state index is -3.46. The lowest BCUT2D eigenvalue weighted by Gasteiger charge is -2.18. The van der Waals surface area contributed by atoms with E-state index in [4.69, 9.17) is 14.2 Å². The first kappa shape index (κ1) is 34.1. The van der Waals surface area contributed by atoms with Gasteiger partial charge in [-0.25, -0.2) is 26.4 Å². The van der Waals surface area contributed by atoms with Gasteiger partial charge in [0.05, 0.1) is 38.3 Å². The molecule has 3 unspecified atom stereocenters. The standard InChI is InChI=1S/C35H36O10S2/c1-3-17-46(39,40)29-12-7-24(8-13-29)33(36)44-28-11-16-32(27(21-28)22-43-35(38)31-20-23-5-6-26(31)19-23)45-34(37)25-9-14-30(15-10-25)47(41,42)18-4-2/h5-16,21,23,26,31H,3-4,17-20,22H2,1-2H3. The first-order valence-corrected chi connectivity index (χ1v) is 18.8. The summed E-state index contributed by atoms with van der Waals surface area (Å²) < 4.78 is 66.2. The maximum atomic E-state index is 13.1. The Bertz CT molecular complexity index is 1890. The van der Waals surface area contributed by atoms with Crippen molar-refractivity contribution in [1.29, 1.82) is 0 Å². The topological polar surface area (TPSA) is 147 Å². The van der Waals surface area contributed by atoms with Gasteiger partial charge in [0.1, 0.15) is 18.1 Å². The van der Waals surface area contributed by atoms with Crippen molar-refractivity contribution >= 4 is 37.6 Å². The van der Waals surface area contributed by atoms with Gasteiger partial charge in [-0.3, -0.25) is 4.79 Å². The van der Waals surface area contributed by atoms with Crippen molar-refractivity contribution < 1.29 is 45.4 Å². The molecule has 47 heavy (non-hydrogen) atoms. The number of hydrogen-bond acceptors (Lipinski definition) is 10. The normalized spacial score (nSPS) is 18.6. The Kier molecular flexibility index (Phi) is 10.3. The van der Waals surface area contributed by atoms with Gasteiger partial charge in [-0.05, 0) is 104 Å². The molecule has 248 valence electrons. The number of fused-ring (bicyclic) bond motifs is 2. The van der Waals surface area contributed by atoms with Gasteiger partial charge in [-0.15, -0.1) is 0 Å². The van der Waals surface area contributed by atoms with Crippen LogP contribution in [0, 0.1) is 17.8 Å². The number of ether oxygens (including phenoxy) is 3. The molecule has 0 heterocycles. The molecule has 0 N–H and O–H groups in total. The Balaban J connectivity index is 1.34. The molecule has 0 spiro atoms. The van der Waals surface area contributed by atoms with Gasteiger partial charge < -0.3 is 14.2 Å². The summed E-state index contributed by atoms with van der Waals surface area (Å²) in [5.74, 6) is -1.54. The lowest BCUT2D eigenvalue weighted by Crippen LogP contribution is -2.21. The maximum absolute atomic E-state index is 13.1. The van der Waals surface area contributed by atoms with E-state index in [1.54, 1.807) is 13.8 Å². The number of carbonyl (C=O) groups is 3. The van der Waals surface area contributed by atoms with Crippen LogP contribution in [-0.4, -0.2) is 46.2 Å². The average molecular weight is 681 g/mol. The highest BCUT2D eigenvalue weighted by Crippen LogP contribution is 2.44. The third kappa shape index (κ3) is 7.99. The molecule has 3 aromatic carbocycles. The smallest absolute Gasteiger partial charge is 0.343 e. The molecule has 0 aliphatic heterocycles.